The molecule has 28 heavy (non-hydrogen) atoms. The van der Waals surface area contributed by atoms with E-state index in [1.54, 1.807) is 18.2 Å². The van der Waals surface area contributed by atoms with Crippen molar-refractivity contribution < 1.29 is 14.4 Å². The lowest BCUT2D eigenvalue weighted by Gasteiger charge is -2.20. The van der Waals surface area contributed by atoms with Crippen molar-refractivity contribution in [2.45, 2.75) is 25.9 Å². The second kappa shape index (κ2) is 6.88. The Kier molecular flexibility index (Phi) is 4.38. The molecular formula is C20H19N5O3. The number of aryl methyl sites for hydroxylation is 2. The van der Waals surface area contributed by atoms with E-state index in [-0.39, 0.29) is 12.5 Å². The zero-order valence-corrected chi connectivity index (χ0v) is 15.5. The molecule has 8 nitrogen and oxygen atoms in total. The summed E-state index contributed by atoms with van der Waals surface area (Å²) < 4.78 is 0. The number of imide groups is 1. The van der Waals surface area contributed by atoms with Gasteiger partial charge in [0.1, 0.15) is 6.54 Å². The molecule has 2 aliphatic rings. The van der Waals surface area contributed by atoms with E-state index < -0.39 is 23.9 Å². The molecule has 142 valence electrons. The van der Waals surface area contributed by atoms with Crippen LogP contribution in [0.25, 0.3) is 0 Å². The van der Waals surface area contributed by atoms with Gasteiger partial charge in [-0.15, -0.1) is 0 Å². The Hall–Kier alpha value is -3.55. The molecule has 2 heterocycles. The van der Waals surface area contributed by atoms with Crippen LogP contribution >= 0.6 is 0 Å². The standard InChI is InChI=1S/C20H19N5O3/c1-12-6-8-15(9-7-12)25-19(27)17-18(20(25)28)24(23-22-17)11-16(26)21-14-5-3-4-13(2)10-14/h3-10,17-18H,11H2,1-2H3,(H,21,26)/t17-,18-/m1/s1. The van der Waals surface area contributed by atoms with Crippen LogP contribution < -0.4 is 10.2 Å². The maximum atomic E-state index is 12.9. The molecule has 0 spiro atoms. The smallest absolute Gasteiger partial charge is 0.263 e. The molecule has 0 radical (unpaired) electrons. The summed E-state index contributed by atoms with van der Waals surface area (Å²) in [7, 11) is 0. The molecule has 1 saturated heterocycles. The van der Waals surface area contributed by atoms with E-state index in [2.05, 4.69) is 15.7 Å². The molecule has 1 N–H and O–H groups in total. The van der Waals surface area contributed by atoms with Gasteiger partial charge in [-0.3, -0.25) is 19.4 Å². The van der Waals surface area contributed by atoms with Crippen LogP contribution in [0.1, 0.15) is 11.1 Å². The molecule has 0 aromatic heterocycles. The largest absolute Gasteiger partial charge is 0.324 e. The first-order valence-electron chi connectivity index (χ1n) is 8.92. The lowest BCUT2D eigenvalue weighted by Crippen LogP contribution is -2.43. The van der Waals surface area contributed by atoms with Crippen molar-refractivity contribution in [3.63, 3.8) is 0 Å². The van der Waals surface area contributed by atoms with E-state index >= 15 is 0 Å². The minimum atomic E-state index is -0.916. The van der Waals surface area contributed by atoms with Gasteiger partial charge in [0.15, 0.2) is 12.1 Å². The van der Waals surface area contributed by atoms with Gasteiger partial charge in [-0.1, -0.05) is 35.1 Å². The fourth-order valence-electron chi connectivity index (χ4n) is 3.37. The number of fused-ring (bicyclic) bond motifs is 1. The van der Waals surface area contributed by atoms with Gasteiger partial charge >= 0.3 is 0 Å². The van der Waals surface area contributed by atoms with Crippen LogP contribution in [-0.4, -0.2) is 41.4 Å². The highest BCUT2D eigenvalue weighted by molar-refractivity contribution is 6.25. The van der Waals surface area contributed by atoms with Crippen molar-refractivity contribution in [1.29, 1.82) is 0 Å². The van der Waals surface area contributed by atoms with Gasteiger partial charge < -0.3 is 5.32 Å². The molecule has 2 atom stereocenters. The summed E-state index contributed by atoms with van der Waals surface area (Å²) in [5.41, 5.74) is 3.20. The molecule has 2 aromatic rings. The molecule has 2 aliphatic heterocycles. The number of amides is 3. The molecule has 3 amide bonds. The maximum Gasteiger partial charge on any atom is 0.263 e. The minimum Gasteiger partial charge on any atom is -0.324 e. The summed E-state index contributed by atoms with van der Waals surface area (Å²) in [5, 5.41) is 11.9. The number of anilines is 2. The number of nitrogens with one attached hydrogen (secondary N) is 1. The van der Waals surface area contributed by atoms with Gasteiger partial charge in [-0.2, -0.15) is 5.11 Å². The van der Waals surface area contributed by atoms with E-state index in [0.29, 0.717) is 11.4 Å². The van der Waals surface area contributed by atoms with Crippen LogP contribution in [0.2, 0.25) is 0 Å². The third kappa shape index (κ3) is 3.13. The fraction of sp³-hybridized carbons (Fsp3) is 0.250. The van der Waals surface area contributed by atoms with Crippen LogP contribution in [0, 0.1) is 13.8 Å². The van der Waals surface area contributed by atoms with Crippen LogP contribution in [-0.2, 0) is 14.4 Å². The van der Waals surface area contributed by atoms with E-state index in [0.717, 1.165) is 16.0 Å². The van der Waals surface area contributed by atoms with E-state index in [4.69, 9.17) is 0 Å². The summed E-state index contributed by atoms with van der Waals surface area (Å²) in [6.45, 7) is 3.69. The maximum absolute atomic E-state index is 12.9. The Balaban J connectivity index is 1.48. The van der Waals surface area contributed by atoms with Gasteiger partial charge in [0.2, 0.25) is 5.91 Å². The molecule has 1 fully saturated rings. The van der Waals surface area contributed by atoms with Gasteiger partial charge in [-0.25, -0.2) is 4.90 Å². The normalized spacial score (nSPS) is 20.6. The first kappa shape index (κ1) is 17.8. The van der Waals surface area contributed by atoms with Crippen molar-refractivity contribution in [3.05, 3.63) is 59.7 Å². The first-order valence-corrected chi connectivity index (χ1v) is 8.92. The number of hydrogen-bond donors (Lipinski definition) is 1. The van der Waals surface area contributed by atoms with Crippen molar-refractivity contribution in [1.82, 2.24) is 5.01 Å². The highest BCUT2D eigenvalue weighted by atomic mass is 16.2. The number of carbonyl (C=O) groups is 3. The van der Waals surface area contributed by atoms with Crippen LogP contribution in [0.3, 0.4) is 0 Å². The average Bonchev–Trinajstić information content (AvgIpc) is 3.16. The predicted molar refractivity (Wildman–Crippen MR) is 103 cm³/mol. The van der Waals surface area contributed by atoms with Gasteiger partial charge in [0.05, 0.1) is 5.69 Å². The highest BCUT2D eigenvalue weighted by Gasteiger charge is 2.55. The van der Waals surface area contributed by atoms with Crippen LogP contribution in [0.4, 0.5) is 11.4 Å². The van der Waals surface area contributed by atoms with Gasteiger partial charge in [-0.05, 0) is 43.7 Å². The van der Waals surface area contributed by atoms with Crippen LogP contribution in [0.5, 0.6) is 0 Å². The number of nitrogens with zero attached hydrogens (tertiary/aromatic N) is 4. The second-order valence-electron chi connectivity index (χ2n) is 6.96. The lowest BCUT2D eigenvalue weighted by atomic mass is 10.1. The SMILES string of the molecule is Cc1ccc(N2C(=O)[C@@H]3N=NN(CC(=O)Nc4cccc(C)c4)[C@H]3C2=O)cc1. The van der Waals surface area contributed by atoms with E-state index in [1.807, 2.05) is 44.2 Å². The third-order valence-electron chi connectivity index (χ3n) is 4.76. The number of rotatable bonds is 4. The molecule has 0 saturated carbocycles. The minimum absolute atomic E-state index is 0.167. The number of carbonyl (C=O) groups excluding carboxylic acids is 3. The summed E-state index contributed by atoms with van der Waals surface area (Å²) in [6, 6.07) is 12.7. The van der Waals surface area contributed by atoms with Gasteiger partial charge in [0, 0.05) is 5.69 Å². The predicted octanol–water partition coefficient (Wildman–Crippen LogP) is 2.24. The molecular weight excluding hydrogens is 358 g/mol. The Morgan fingerprint density at radius 3 is 2.50 bits per heavy atom. The number of benzene rings is 2. The van der Waals surface area contributed by atoms with Crippen molar-refractivity contribution in [2.75, 3.05) is 16.8 Å². The Morgan fingerprint density at radius 2 is 1.79 bits per heavy atom. The third-order valence-corrected chi connectivity index (χ3v) is 4.76. The molecule has 0 unspecified atom stereocenters. The summed E-state index contributed by atoms with van der Waals surface area (Å²) >= 11 is 0. The van der Waals surface area contributed by atoms with Crippen molar-refractivity contribution >= 4 is 29.1 Å². The molecule has 4 rings (SSSR count). The van der Waals surface area contributed by atoms with E-state index in [1.165, 1.54) is 5.01 Å². The quantitative estimate of drug-likeness (QED) is 0.827. The Labute approximate surface area is 161 Å². The fourth-order valence-corrected chi connectivity index (χ4v) is 3.37. The van der Waals surface area contributed by atoms with Crippen molar-refractivity contribution in [3.8, 4) is 0 Å². The summed E-state index contributed by atoms with van der Waals surface area (Å²) in [5.74, 6) is -1.18. The Morgan fingerprint density at radius 1 is 1.04 bits per heavy atom. The molecule has 2 aromatic carbocycles. The highest BCUT2D eigenvalue weighted by Crippen LogP contribution is 2.31. The van der Waals surface area contributed by atoms with Crippen molar-refractivity contribution in [2.24, 2.45) is 10.3 Å². The average molecular weight is 377 g/mol. The zero-order chi connectivity index (χ0) is 19.8. The second-order valence-corrected chi connectivity index (χ2v) is 6.96. The lowest BCUT2D eigenvalue weighted by molar-refractivity contribution is -0.123. The number of hydrogen-bond acceptors (Lipinski definition) is 6. The summed E-state index contributed by atoms with van der Waals surface area (Å²) in [6.07, 6.45) is 0. The monoisotopic (exact) mass is 377 g/mol. The molecule has 0 aliphatic carbocycles. The Bertz CT molecular complexity index is 986. The summed E-state index contributed by atoms with van der Waals surface area (Å²) in [4.78, 5) is 39.1. The van der Waals surface area contributed by atoms with E-state index in [9.17, 15) is 14.4 Å². The topological polar surface area (TPSA) is 94.4 Å². The van der Waals surface area contributed by atoms with Crippen LogP contribution in [0.15, 0.2) is 58.9 Å². The zero-order valence-electron chi connectivity index (χ0n) is 15.5. The first-order chi connectivity index (χ1) is 13.4. The molecule has 8 heteroatoms. The molecule has 0 bridgehead atoms. The van der Waals surface area contributed by atoms with Gasteiger partial charge in [0.25, 0.3) is 11.8 Å².